The monoisotopic (exact) mass is 195 g/mol. The van der Waals surface area contributed by atoms with Crippen LogP contribution in [-0.4, -0.2) is 18.0 Å². The van der Waals surface area contributed by atoms with Gasteiger partial charge in [-0.3, -0.25) is 4.90 Å². The number of likely N-dealkylation sites (tertiary alicyclic amines) is 1. The smallest absolute Gasteiger partial charge is 0.0441 e. The van der Waals surface area contributed by atoms with Gasteiger partial charge in [0.05, 0.1) is 0 Å². The van der Waals surface area contributed by atoms with Crippen LogP contribution in [0, 0.1) is 0 Å². The van der Waals surface area contributed by atoms with Crippen molar-refractivity contribution in [2.45, 2.75) is 32.2 Å². The van der Waals surface area contributed by atoms with Crippen molar-refractivity contribution in [1.29, 1.82) is 0 Å². The highest BCUT2D eigenvalue weighted by Gasteiger charge is 2.25. The van der Waals surface area contributed by atoms with E-state index in [-0.39, 0.29) is 0 Å². The van der Waals surface area contributed by atoms with Crippen LogP contribution in [0.15, 0.2) is 17.5 Å². The van der Waals surface area contributed by atoms with Crippen LogP contribution in [-0.2, 0) is 0 Å². The van der Waals surface area contributed by atoms with Crippen LogP contribution in [0.4, 0.5) is 0 Å². The Hall–Kier alpha value is -0.340. The van der Waals surface area contributed by atoms with E-state index < -0.39 is 0 Å². The Bertz CT molecular complexity index is 243. The Labute approximate surface area is 84.4 Å². The molecule has 1 fully saturated rings. The Kier molecular flexibility index (Phi) is 3.01. The average molecular weight is 195 g/mol. The van der Waals surface area contributed by atoms with Crippen molar-refractivity contribution in [3.8, 4) is 0 Å². The molecule has 13 heavy (non-hydrogen) atoms. The van der Waals surface area contributed by atoms with E-state index in [0.29, 0.717) is 0 Å². The molecule has 1 aromatic heterocycles. The first-order valence-corrected chi connectivity index (χ1v) is 6.07. The van der Waals surface area contributed by atoms with Crippen molar-refractivity contribution in [1.82, 2.24) is 4.90 Å². The van der Waals surface area contributed by atoms with Crippen molar-refractivity contribution in [3.63, 3.8) is 0 Å². The fourth-order valence-electron chi connectivity index (χ4n) is 2.18. The third kappa shape index (κ3) is 1.94. The van der Waals surface area contributed by atoms with E-state index >= 15 is 0 Å². The molecule has 0 aliphatic carbocycles. The summed E-state index contributed by atoms with van der Waals surface area (Å²) in [6, 6.07) is 5.19. The van der Waals surface area contributed by atoms with Gasteiger partial charge in [-0.25, -0.2) is 0 Å². The van der Waals surface area contributed by atoms with Gasteiger partial charge >= 0.3 is 0 Å². The first-order chi connectivity index (χ1) is 6.42. The second-order valence-corrected chi connectivity index (χ2v) is 4.69. The summed E-state index contributed by atoms with van der Waals surface area (Å²) >= 11 is 1.91. The molecule has 0 amide bonds. The van der Waals surface area contributed by atoms with Crippen LogP contribution < -0.4 is 0 Å². The van der Waals surface area contributed by atoms with Gasteiger partial charge in [0, 0.05) is 10.9 Å². The van der Waals surface area contributed by atoms with Gasteiger partial charge in [-0.2, -0.15) is 0 Å². The Morgan fingerprint density at radius 2 is 2.54 bits per heavy atom. The Balaban J connectivity index is 2.05. The second kappa shape index (κ2) is 4.25. The maximum Gasteiger partial charge on any atom is 0.0441 e. The molecule has 1 aromatic rings. The van der Waals surface area contributed by atoms with Crippen LogP contribution in [0.5, 0.6) is 0 Å². The van der Waals surface area contributed by atoms with Crippen LogP contribution >= 0.6 is 11.3 Å². The van der Waals surface area contributed by atoms with Crippen LogP contribution in [0.2, 0.25) is 0 Å². The van der Waals surface area contributed by atoms with Crippen molar-refractivity contribution in [2.24, 2.45) is 0 Å². The van der Waals surface area contributed by atoms with E-state index in [1.807, 2.05) is 11.3 Å². The number of rotatable bonds is 3. The maximum atomic E-state index is 2.63. The van der Waals surface area contributed by atoms with E-state index in [1.54, 1.807) is 4.88 Å². The number of hydrogen-bond acceptors (Lipinski definition) is 2. The van der Waals surface area contributed by atoms with E-state index in [0.717, 1.165) is 6.04 Å². The van der Waals surface area contributed by atoms with Gasteiger partial charge < -0.3 is 0 Å². The third-order valence-electron chi connectivity index (χ3n) is 2.75. The molecule has 2 rings (SSSR count). The predicted octanol–water partition coefficient (Wildman–Crippen LogP) is 3.30. The molecule has 0 spiro atoms. The molecular formula is C11H17NS. The van der Waals surface area contributed by atoms with E-state index in [2.05, 4.69) is 29.3 Å². The lowest BCUT2D eigenvalue weighted by Gasteiger charge is -2.22. The second-order valence-electron chi connectivity index (χ2n) is 3.71. The van der Waals surface area contributed by atoms with Gasteiger partial charge in [0.2, 0.25) is 0 Å². The van der Waals surface area contributed by atoms with Gasteiger partial charge in [0.15, 0.2) is 0 Å². The summed E-state index contributed by atoms with van der Waals surface area (Å²) in [5, 5.41) is 2.19. The van der Waals surface area contributed by atoms with Crippen molar-refractivity contribution < 1.29 is 0 Å². The summed E-state index contributed by atoms with van der Waals surface area (Å²) in [5.41, 5.74) is 0. The minimum atomic E-state index is 0.736. The van der Waals surface area contributed by atoms with Gasteiger partial charge in [0.25, 0.3) is 0 Å². The molecule has 0 N–H and O–H groups in total. The number of nitrogens with zero attached hydrogens (tertiary/aromatic N) is 1. The van der Waals surface area contributed by atoms with Gasteiger partial charge in [-0.15, -0.1) is 11.3 Å². The molecule has 1 aliphatic heterocycles. The quantitative estimate of drug-likeness (QED) is 0.715. The fraction of sp³-hybridized carbons (Fsp3) is 0.636. The molecular weight excluding hydrogens is 178 g/mol. The number of thiophene rings is 1. The molecule has 2 heteroatoms. The van der Waals surface area contributed by atoms with E-state index in [1.165, 1.54) is 32.4 Å². The molecule has 0 aromatic carbocycles. The lowest BCUT2D eigenvalue weighted by Crippen LogP contribution is -2.23. The lowest BCUT2D eigenvalue weighted by atomic mass is 10.2. The Morgan fingerprint density at radius 3 is 3.23 bits per heavy atom. The minimum absolute atomic E-state index is 0.736. The molecule has 0 unspecified atom stereocenters. The summed E-state index contributed by atoms with van der Waals surface area (Å²) in [4.78, 5) is 4.19. The van der Waals surface area contributed by atoms with Gasteiger partial charge in [-0.05, 0) is 43.8 Å². The summed E-state index contributed by atoms with van der Waals surface area (Å²) in [7, 11) is 0. The topological polar surface area (TPSA) is 3.24 Å². The summed E-state index contributed by atoms with van der Waals surface area (Å²) in [5.74, 6) is 0. The van der Waals surface area contributed by atoms with E-state index in [9.17, 15) is 0 Å². The molecule has 1 nitrogen and oxygen atoms in total. The molecule has 1 aliphatic rings. The first kappa shape index (κ1) is 9.22. The normalized spacial score (nSPS) is 23.9. The van der Waals surface area contributed by atoms with Crippen molar-refractivity contribution in [2.75, 3.05) is 13.1 Å². The third-order valence-corrected chi connectivity index (χ3v) is 3.72. The molecule has 0 radical (unpaired) electrons. The summed E-state index contributed by atoms with van der Waals surface area (Å²) in [6.07, 6.45) is 4.02. The van der Waals surface area contributed by atoms with Crippen LogP contribution in [0.3, 0.4) is 0 Å². The molecule has 1 atom stereocenters. The standard InChI is InChI=1S/C11H17NS/c1-2-7-12-8-3-5-10(12)11-6-4-9-13-11/h4,6,9-10H,2-3,5,7-8H2,1H3/t10-/m1/s1. The fourth-order valence-corrected chi connectivity index (χ4v) is 3.08. The SMILES string of the molecule is CCCN1CCC[C@@H]1c1cccs1. The molecule has 0 saturated carbocycles. The van der Waals surface area contributed by atoms with Crippen molar-refractivity contribution in [3.05, 3.63) is 22.4 Å². The van der Waals surface area contributed by atoms with Crippen LogP contribution in [0.25, 0.3) is 0 Å². The highest BCUT2D eigenvalue weighted by Crippen LogP contribution is 2.34. The zero-order valence-electron chi connectivity index (χ0n) is 8.20. The Morgan fingerprint density at radius 1 is 1.62 bits per heavy atom. The largest absolute Gasteiger partial charge is 0.296 e. The lowest BCUT2D eigenvalue weighted by molar-refractivity contribution is 0.261. The number of hydrogen-bond donors (Lipinski definition) is 0. The maximum absolute atomic E-state index is 2.63. The van der Waals surface area contributed by atoms with Gasteiger partial charge in [-0.1, -0.05) is 13.0 Å². The summed E-state index contributed by atoms with van der Waals surface area (Å²) < 4.78 is 0. The highest BCUT2D eigenvalue weighted by molar-refractivity contribution is 7.10. The zero-order valence-corrected chi connectivity index (χ0v) is 9.02. The zero-order chi connectivity index (χ0) is 9.10. The minimum Gasteiger partial charge on any atom is -0.296 e. The molecule has 72 valence electrons. The first-order valence-electron chi connectivity index (χ1n) is 5.19. The molecule has 1 saturated heterocycles. The summed E-state index contributed by atoms with van der Waals surface area (Å²) in [6.45, 7) is 4.84. The van der Waals surface area contributed by atoms with Crippen LogP contribution in [0.1, 0.15) is 37.1 Å². The van der Waals surface area contributed by atoms with Crippen molar-refractivity contribution >= 4 is 11.3 Å². The predicted molar refractivity (Wildman–Crippen MR) is 58.2 cm³/mol. The van der Waals surface area contributed by atoms with Gasteiger partial charge in [0.1, 0.15) is 0 Å². The average Bonchev–Trinajstić information content (AvgIpc) is 2.71. The molecule has 0 bridgehead atoms. The van der Waals surface area contributed by atoms with E-state index in [4.69, 9.17) is 0 Å². The molecule has 2 heterocycles. The highest BCUT2D eigenvalue weighted by atomic mass is 32.1.